The highest BCUT2D eigenvalue weighted by atomic mass is 16.3. The van der Waals surface area contributed by atoms with Gasteiger partial charge in [0.1, 0.15) is 11.9 Å². The molecule has 0 spiro atoms. The first-order chi connectivity index (χ1) is 8.10. The Morgan fingerprint density at radius 2 is 2.18 bits per heavy atom. The number of aliphatic hydroxyl groups excluding tert-OH is 1. The van der Waals surface area contributed by atoms with Crippen LogP contribution >= 0.6 is 0 Å². The van der Waals surface area contributed by atoms with Crippen LogP contribution in [0.25, 0.3) is 0 Å². The van der Waals surface area contributed by atoms with E-state index in [1.165, 1.54) is 0 Å². The Balaban J connectivity index is 3.08. The largest absolute Gasteiger partial charge is 0.396 e. The Morgan fingerprint density at radius 3 is 2.71 bits per heavy atom. The van der Waals surface area contributed by atoms with E-state index in [2.05, 4.69) is 29.8 Å². The van der Waals surface area contributed by atoms with Crippen molar-refractivity contribution in [1.82, 2.24) is 4.98 Å². The summed E-state index contributed by atoms with van der Waals surface area (Å²) < 4.78 is 0. The van der Waals surface area contributed by atoms with Crippen molar-refractivity contribution in [3.63, 3.8) is 0 Å². The molecule has 0 atom stereocenters. The minimum Gasteiger partial charge on any atom is -0.396 e. The van der Waals surface area contributed by atoms with Crippen molar-refractivity contribution in [2.24, 2.45) is 0 Å². The predicted molar refractivity (Wildman–Crippen MR) is 67.9 cm³/mol. The zero-order chi connectivity index (χ0) is 12.8. The van der Waals surface area contributed by atoms with E-state index in [9.17, 15) is 0 Å². The summed E-state index contributed by atoms with van der Waals surface area (Å²) in [7, 11) is 0. The molecule has 1 heterocycles. The smallest absolute Gasteiger partial charge is 0.147 e. The molecule has 0 aromatic carbocycles. The first-order valence-corrected chi connectivity index (χ1v) is 5.85. The normalized spacial score (nSPS) is 10.4. The topological polar surface area (TPSA) is 60.2 Å². The number of hydrogen-bond donors (Lipinski definition) is 1. The molecule has 0 saturated carbocycles. The number of nitriles is 1. The molecule has 0 amide bonds. The number of aromatic nitrogens is 1. The number of pyridine rings is 1. The average molecular weight is 233 g/mol. The van der Waals surface area contributed by atoms with Gasteiger partial charge in [-0.05, 0) is 39.3 Å². The highest BCUT2D eigenvalue weighted by molar-refractivity contribution is 5.54. The van der Waals surface area contributed by atoms with Crippen LogP contribution in [0.1, 0.15) is 31.5 Å². The van der Waals surface area contributed by atoms with Crippen molar-refractivity contribution in [2.45, 2.75) is 33.2 Å². The van der Waals surface area contributed by atoms with Gasteiger partial charge in [0.25, 0.3) is 0 Å². The van der Waals surface area contributed by atoms with Crippen LogP contribution in [0.4, 0.5) is 5.82 Å². The Morgan fingerprint density at radius 1 is 1.47 bits per heavy atom. The zero-order valence-corrected chi connectivity index (χ0v) is 10.6. The van der Waals surface area contributed by atoms with Crippen LogP contribution in [0.2, 0.25) is 0 Å². The molecule has 1 aromatic rings. The van der Waals surface area contributed by atoms with Gasteiger partial charge < -0.3 is 10.0 Å². The third-order valence-corrected chi connectivity index (χ3v) is 2.59. The highest BCUT2D eigenvalue weighted by Crippen LogP contribution is 2.20. The van der Waals surface area contributed by atoms with Gasteiger partial charge in [-0.1, -0.05) is 0 Å². The van der Waals surface area contributed by atoms with E-state index in [4.69, 9.17) is 10.4 Å². The number of aliphatic hydroxyl groups is 1. The summed E-state index contributed by atoms with van der Waals surface area (Å²) in [4.78, 5) is 6.50. The number of nitrogens with zero attached hydrogens (tertiary/aromatic N) is 3. The lowest BCUT2D eigenvalue weighted by atomic mass is 10.2. The summed E-state index contributed by atoms with van der Waals surface area (Å²) in [5, 5.41) is 18.0. The number of hydrogen-bond acceptors (Lipinski definition) is 4. The van der Waals surface area contributed by atoms with Crippen molar-refractivity contribution in [3.05, 3.63) is 23.4 Å². The molecule has 17 heavy (non-hydrogen) atoms. The Hall–Kier alpha value is -1.60. The minimum atomic E-state index is 0.150. The second-order valence-electron chi connectivity index (χ2n) is 4.30. The third kappa shape index (κ3) is 3.43. The Labute approximate surface area is 103 Å². The molecule has 0 aliphatic rings. The van der Waals surface area contributed by atoms with Crippen molar-refractivity contribution in [2.75, 3.05) is 18.1 Å². The van der Waals surface area contributed by atoms with Gasteiger partial charge in [-0.25, -0.2) is 4.98 Å². The Bertz CT molecular complexity index is 410. The molecule has 0 unspecified atom stereocenters. The Kier molecular flexibility index (Phi) is 4.92. The lowest BCUT2D eigenvalue weighted by molar-refractivity contribution is 0.288. The zero-order valence-electron chi connectivity index (χ0n) is 10.6. The van der Waals surface area contributed by atoms with E-state index in [1.54, 1.807) is 6.07 Å². The van der Waals surface area contributed by atoms with E-state index in [0.717, 1.165) is 11.5 Å². The van der Waals surface area contributed by atoms with Crippen molar-refractivity contribution < 1.29 is 5.11 Å². The minimum absolute atomic E-state index is 0.150. The summed E-state index contributed by atoms with van der Waals surface area (Å²) in [5.41, 5.74) is 1.48. The van der Waals surface area contributed by atoms with Gasteiger partial charge in [0.05, 0.1) is 5.56 Å². The van der Waals surface area contributed by atoms with E-state index < -0.39 is 0 Å². The van der Waals surface area contributed by atoms with Crippen LogP contribution in [0, 0.1) is 18.3 Å². The molecule has 0 aliphatic heterocycles. The van der Waals surface area contributed by atoms with E-state index in [1.807, 2.05) is 13.0 Å². The van der Waals surface area contributed by atoms with Gasteiger partial charge in [0, 0.05) is 24.9 Å². The fourth-order valence-corrected chi connectivity index (χ4v) is 1.70. The summed E-state index contributed by atoms with van der Waals surface area (Å²) in [5.74, 6) is 0.718. The summed E-state index contributed by atoms with van der Waals surface area (Å²) in [6.07, 6.45) is 0.679. The second kappa shape index (κ2) is 6.21. The molecule has 4 heteroatoms. The molecular weight excluding hydrogens is 214 g/mol. The number of rotatable bonds is 5. The van der Waals surface area contributed by atoms with Crippen molar-refractivity contribution in [3.8, 4) is 6.07 Å². The van der Waals surface area contributed by atoms with Gasteiger partial charge in [-0.2, -0.15) is 5.26 Å². The second-order valence-corrected chi connectivity index (χ2v) is 4.30. The molecule has 0 saturated heterocycles. The lowest BCUT2D eigenvalue weighted by Gasteiger charge is -2.28. The summed E-state index contributed by atoms with van der Waals surface area (Å²) in [6, 6.07) is 6.06. The van der Waals surface area contributed by atoms with E-state index in [-0.39, 0.29) is 12.6 Å². The van der Waals surface area contributed by atoms with E-state index >= 15 is 0 Å². The number of anilines is 1. The van der Waals surface area contributed by atoms with Crippen LogP contribution in [0.3, 0.4) is 0 Å². The quantitative estimate of drug-likeness (QED) is 0.843. The first-order valence-electron chi connectivity index (χ1n) is 5.85. The van der Waals surface area contributed by atoms with Crippen LogP contribution in [0.5, 0.6) is 0 Å². The monoisotopic (exact) mass is 233 g/mol. The van der Waals surface area contributed by atoms with Gasteiger partial charge in [0.2, 0.25) is 0 Å². The average Bonchev–Trinajstić information content (AvgIpc) is 2.29. The lowest BCUT2D eigenvalue weighted by Crippen LogP contribution is -2.33. The summed E-state index contributed by atoms with van der Waals surface area (Å²) in [6.45, 7) is 6.89. The molecule has 1 aromatic heterocycles. The molecular formula is C13H19N3O. The number of aryl methyl sites for hydroxylation is 1. The molecule has 1 N–H and O–H groups in total. The van der Waals surface area contributed by atoms with Gasteiger partial charge >= 0.3 is 0 Å². The maximum Gasteiger partial charge on any atom is 0.147 e. The standard InChI is InChI=1S/C13H19N3O/c1-10(2)16(7-4-8-17)13-12(9-14)6-5-11(3)15-13/h5-6,10,17H,4,7-8H2,1-3H3. The van der Waals surface area contributed by atoms with Crippen LogP contribution < -0.4 is 4.90 Å². The molecule has 1 rings (SSSR count). The maximum atomic E-state index is 9.10. The fourth-order valence-electron chi connectivity index (χ4n) is 1.70. The maximum absolute atomic E-state index is 9.10. The van der Waals surface area contributed by atoms with Crippen LogP contribution in [-0.2, 0) is 0 Å². The molecule has 0 fully saturated rings. The molecule has 92 valence electrons. The molecule has 0 bridgehead atoms. The van der Waals surface area contributed by atoms with Gasteiger partial charge in [0.15, 0.2) is 0 Å². The van der Waals surface area contributed by atoms with Gasteiger partial charge in [-0.15, -0.1) is 0 Å². The summed E-state index contributed by atoms with van der Waals surface area (Å²) >= 11 is 0. The molecule has 0 aliphatic carbocycles. The molecule has 4 nitrogen and oxygen atoms in total. The van der Waals surface area contributed by atoms with E-state index in [0.29, 0.717) is 18.5 Å². The van der Waals surface area contributed by atoms with Crippen LogP contribution in [0.15, 0.2) is 12.1 Å². The first kappa shape index (κ1) is 13.5. The third-order valence-electron chi connectivity index (χ3n) is 2.59. The fraction of sp³-hybridized carbons (Fsp3) is 0.538. The highest BCUT2D eigenvalue weighted by Gasteiger charge is 2.15. The van der Waals surface area contributed by atoms with Gasteiger partial charge in [-0.3, -0.25) is 0 Å². The predicted octanol–water partition coefficient (Wildman–Crippen LogP) is 1.86. The van der Waals surface area contributed by atoms with Crippen molar-refractivity contribution in [1.29, 1.82) is 5.26 Å². The SMILES string of the molecule is Cc1ccc(C#N)c(N(CCCO)C(C)C)n1. The molecule has 0 radical (unpaired) electrons. The van der Waals surface area contributed by atoms with Crippen molar-refractivity contribution >= 4 is 5.82 Å². The van der Waals surface area contributed by atoms with Crippen LogP contribution in [-0.4, -0.2) is 29.3 Å².